The summed E-state index contributed by atoms with van der Waals surface area (Å²) in [6, 6.07) is 5.59. The number of alkyl halides is 6. The summed E-state index contributed by atoms with van der Waals surface area (Å²) < 4.78 is 93.7. The van der Waals surface area contributed by atoms with Crippen molar-refractivity contribution < 1.29 is 30.7 Å². The normalized spacial score (nSPS) is 12.5. The summed E-state index contributed by atoms with van der Waals surface area (Å²) in [5.41, 5.74) is -2.87. The molecular weight excluding hydrogens is 417 g/mol. The zero-order valence-electron chi connectivity index (χ0n) is 14.6. The maximum atomic E-state index is 14.0. The van der Waals surface area contributed by atoms with Crippen LogP contribution < -0.4 is 0 Å². The molecule has 0 saturated carbocycles. The van der Waals surface area contributed by atoms with Crippen molar-refractivity contribution >= 4 is 5.65 Å². The minimum atomic E-state index is -4.93. The summed E-state index contributed by atoms with van der Waals surface area (Å²) >= 11 is 0. The smallest absolute Gasteiger partial charge is 0.264 e. The Balaban J connectivity index is 1.96. The number of hydrogen-bond acceptors (Lipinski definition) is 3. The largest absolute Gasteiger partial charge is 0.433 e. The minimum absolute atomic E-state index is 0.201. The molecule has 1 aromatic carbocycles. The van der Waals surface area contributed by atoms with Gasteiger partial charge in [0.1, 0.15) is 5.82 Å². The van der Waals surface area contributed by atoms with Crippen LogP contribution in [0.2, 0.25) is 0 Å². The number of pyridine rings is 1. The molecule has 11 heteroatoms. The van der Waals surface area contributed by atoms with Crippen LogP contribution in [0.4, 0.5) is 30.7 Å². The van der Waals surface area contributed by atoms with Gasteiger partial charge >= 0.3 is 12.4 Å². The van der Waals surface area contributed by atoms with Crippen LogP contribution in [-0.4, -0.2) is 19.6 Å². The van der Waals surface area contributed by atoms with E-state index in [9.17, 15) is 30.7 Å². The SMILES string of the molecule is Fc1cc(-c2cc(C(F)(F)F)n3ncc(-c4cccnc4)c3n2)ccc1C(F)(F)F. The number of nitrogens with zero attached hydrogens (tertiary/aromatic N) is 4. The van der Waals surface area contributed by atoms with Crippen molar-refractivity contribution in [3.05, 3.63) is 72.1 Å². The minimum Gasteiger partial charge on any atom is -0.264 e. The lowest BCUT2D eigenvalue weighted by Crippen LogP contribution is -2.14. The van der Waals surface area contributed by atoms with Crippen LogP contribution >= 0.6 is 0 Å². The van der Waals surface area contributed by atoms with E-state index in [0.717, 1.165) is 6.07 Å². The van der Waals surface area contributed by atoms with Crippen LogP contribution in [0.3, 0.4) is 0 Å². The monoisotopic (exact) mass is 426 g/mol. The maximum absolute atomic E-state index is 14.0. The van der Waals surface area contributed by atoms with Crippen molar-refractivity contribution in [2.45, 2.75) is 12.4 Å². The number of benzene rings is 1. The lowest BCUT2D eigenvalue weighted by molar-refractivity contribution is -0.142. The molecule has 0 aliphatic heterocycles. The van der Waals surface area contributed by atoms with Crippen LogP contribution in [0, 0.1) is 5.82 Å². The van der Waals surface area contributed by atoms with Crippen LogP contribution in [0.25, 0.3) is 28.0 Å². The van der Waals surface area contributed by atoms with Crippen LogP contribution in [0.1, 0.15) is 11.3 Å². The molecule has 4 aromatic rings. The first kappa shape index (κ1) is 19.8. The second kappa shape index (κ2) is 6.78. The third-order valence-electron chi connectivity index (χ3n) is 4.31. The standard InChI is InChI=1S/C19H9F7N4/c20-14-6-10(3-4-13(14)18(21,22)23)15-7-16(19(24,25)26)30-17(29-15)12(9-28-30)11-2-1-5-27-8-11/h1-9H. The molecule has 0 saturated heterocycles. The molecule has 154 valence electrons. The zero-order chi connectivity index (χ0) is 21.7. The fourth-order valence-electron chi connectivity index (χ4n) is 2.94. The van der Waals surface area contributed by atoms with Gasteiger partial charge in [-0.2, -0.15) is 31.4 Å². The van der Waals surface area contributed by atoms with Crippen LogP contribution in [0.15, 0.2) is 55.0 Å². The molecule has 0 unspecified atom stereocenters. The number of aromatic nitrogens is 4. The Bertz CT molecular complexity index is 1230. The summed E-state index contributed by atoms with van der Waals surface area (Å²) in [4.78, 5) is 8.01. The quantitative estimate of drug-likeness (QED) is 0.390. The van der Waals surface area contributed by atoms with E-state index in [1.54, 1.807) is 12.1 Å². The van der Waals surface area contributed by atoms with Crippen molar-refractivity contribution in [3.63, 3.8) is 0 Å². The molecule has 0 fully saturated rings. The highest BCUT2D eigenvalue weighted by atomic mass is 19.4. The fourth-order valence-corrected chi connectivity index (χ4v) is 2.94. The van der Waals surface area contributed by atoms with Crippen molar-refractivity contribution in [2.75, 3.05) is 0 Å². The van der Waals surface area contributed by atoms with E-state index < -0.39 is 29.4 Å². The second-order valence-corrected chi connectivity index (χ2v) is 6.25. The summed E-state index contributed by atoms with van der Waals surface area (Å²) in [7, 11) is 0. The third kappa shape index (κ3) is 3.46. The molecule has 0 spiro atoms. The van der Waals surface area contributed by atoms with Gasteiger partial charge in [-0.05, 0) is 24.3 Å². The highest BCUT2D eigenvalue weighted by Crippen LogP contribution is 2.36. The number of fused-ring (bicyclic) bond motifs is 1. The van der Waals surface area contributed by atoms with Gasteiger partial charge in [-0.25, -0.2) is 13.9 Å². The molecule has 4 rings (SSSR count). The number of rotatable bonds is 2. The molecule has 0 aliphatic rings. The van der Waals surface area contributed by atoms with Gasteiger partial charge in [-0.15, -0.1) is 0 Å². The van der Waals surface area contributed by atoms with Gasteiger partial charge in [-0.3, -0.25) is 4.98 Å². The summed E-state index contributed by atoms with van der Waals surface area (Å²) in [6.07, 6.45) is -5.74. The van der Waals surface area contributed by atoms with Crippen molar-refractivity contribution in [2.24, 2.45) is 0 Å². The second-order valence-electron chi connectivity index (χ2n) is 6.25. The van der Waals surface area contributed by atoms with Gasteiger partial charge in [0, 0.05) is 29.1 Å². The van der Waals surface area contributed by atoms with Crippen LogP contribution in [0.5, 0.6) is 0 Å². The average Bonchev–Trinajstić information content (AvgIpc) is 3.10. The Morgan fingerprint density at radius 1 is 0.833 bits per heavy atom. The molecule has 3 heterocycles. The van der Waals surface area contributed by atoms with E-state index in [1.807, 2.05) is 0 Å². The topological polar surface area (TPSA) is 43.1 Å². The Morgan fingerprint density at radius 2 is 1.60 bits per heavy atom. The Kier molecular flexibility index (Phi) is 4.48. The lowest BCUT2D eigenvalue weighted by Gasteiger charge is -2.13. The first-order valence-electron chi connectivity index (χ1n) is 8.29. The molecule has 0 N–H and O–H groups in total. The molecule has 0 amide bonds. The van der Waals surface area contributed by atoms with Crippen molar-refractivity contribution in [1.82, 2.24) is 19.6 Å². The van der Waals surface area contributed by atoms with Gasteiger partial charge in [0.15, 0.2) is 11.3 Å². The van der Waals surface area contributed by atoms with E-state index >= 15 is 0 Å². The zero-order valence-corrected chi connectivity index (χ0v) is 14.6. The Hall–Kier alpha value is -3.50. The first-order chi connectivity index (χ1) is 14.1. The molecule has 0 radical (unpaired) electrons. The lowest BCUT2D eigenvalue weighted by atomic mass is 10.1. The predicted octanol–water partition coefficient (Wildman–Crippen LogP) is 5.64. The van der Waals surface area contributed by atoms with Gasteiger partial charge in [-0.1, -0.05) is 12.1 Å². The Labute approximate surface area is 163 Å². The van der Waals surface area contributed by atoms with Crippen LogP contribution in [-0.2, 0) is 12.4 Å². The molecule has 0 aliphatic carbocycles. The van der Waals surface area contributed by atoms with Gasteiger partial charge in [0.25, 0.3) is 0 Å². The molecule has 4 nitrogen and oxygen atoms in total. The van der Waals surface area contributed by atoms with Gasteiger partial charge in [0.05, 0.1) is 17.5 Å². The Morgan fingerprint density at radius 3 is 2.20 bits per heavy atom. The maximum Gasteiger partial charge on any atom is 0.433 e. The first-order valence-corrected chi connectivity index (χ1v) is 8.29. The fraction of sp³-hybridized carbons (Fsp3) is 0.105. The van der Waals surface area contributed by atoms with Crippen molar-refractivity contribution in [1.29, 1.82) is 0 Å². The molecule has 3 aromatic heterocycles. The molecule has 0 bridgehead atoms. The third-order valence-corrected chi connectivity index (χ3v) is 4.31. The van der Waals surface area contributed by atoms with Gasteiger partial charge < -0.3 is 0 Å². The number of hydrogen-bond donors (Lipinski definition) is 0. The van der Waals surface area contributed by atoms with E-state index in [-0.39, 0.29) is 22.5 Å². The van der Waals surface area contributed by atoms with E-state index in [2.05, 4.69) is 15.1 Å². The highest BCUT2D eigenvalue weighted by Gasteiger charge is 2.36. The van der Waals surface area contributed by atoms with Gasteiger partial charge in [0.2, 0.25) is 0 Å². The van der Waals surface area contributed by atoms with E-state index in [0.29, 0.717) is 28.3 Å². The molecule has 0 atom stereocenters. The summed E-state index contributed by atoms with van der Waals surface area (Å²) in [5, 5.41) is 3.74. The molecular formula is C19H9F7N4. The van der Waals surface area contributed by atoms with E-state index in [4.69, 9.17) is 0 Å². The van der Waals surface area contributed by atoms with E-state index in [1.165, 1.54) is 18.6 Å². The van der Waals surface area contributed by atoms with Crippen molar-refractivity contribution in [3.8, 4) is 22.4 Å². The summed E-state index contributed by atoms with van der Waals surface area (Å²) in [6.45, 7) is 0. The summed E-state index contributed by atoms with van der Waals surface area (Å²) in [5.74, 6) is -1.61. The highest BCUT2D eigenvalue weighted by molar-refractivity contribution is 5.78. The molecule has 30 heavy (non-hydrogen) atoms. The average molecular weight is 426 g/mol. The predicted molar refractivity (Wildman–Crippen MR) is 91.6 cm³/mol. The number of halogens is 7.